The minimum atomic E-state index is 0.338. The molecule has 0 saturated heterocycles. The van der Waals surface area contributed by atoms with Gasteiger partial charge in [-0.05, 0) is 61.4 Å². The van der Waals surface area contributed by atoms with Crippen molar-refractivity contribution in [2.45, 2.75) is 38.6 Å². The number of nitrogens with zero attached hydrogens (tertiary/aromatic N) is 1. The zero-order valence-electron chi connectivity index (χ0n) is 10.9. The third-order valence-corrected chi connectivity index (χ3v) is 3.82. The summed E-state index contributed by atoms with van der Waals surface area (Å²) in [4.78, 5) is 0. The molecule has 18 heavy (non-hydrogen) atoms. The number of aryl methyl sites for hydroxylation is 2. The zero-order chi connectivity index (χ0) is 12.4. The largest absolute Gasteiger partial charge is 0.319 e. The first kappa shape index (κ1) is 11.4. The molecule has 1 aromatic carbocycles. The maximum Gasteiger partial charge on any atom is 0.0645 e. The van der Waals surface area contributed by atoms with Gasteiger partial charge in [0.2, 0.25) is 0 Å². The average Bonchev–Trinajstić information content (AvgIpc) is 2.91. The van der Waals surface area contributed by atoms with Crippen LogP contribution in [0.2, 0.25) is 0 Å². The highest BCUT2D eigenvalue weighted by Crippen LogP contribution is 2.25. The van der Waals surface area contributed by atoms with Gasteiger partial charge in [-0.25, -0.2) is 0 Å². The van der Waals surface area contributed by atoms with Crippen LogP contribution in [0, 0.1) is 0 Å². The van der Waals surface area contributed by atoms with Crippen molar-refractivity contribution in [1.29, 1.82) is 0 Å². The molecule has 1 aliphatic carbocycles. The highest BCUT2D eigenvalue weighted by molar-refractivity contribution is 5.35. The van der Waals surface area contributed by atoms with Crippen LogP contribution in [0.5, 0.6) is 0 Å². The number of nitrogens with one attached hydrogen (secondary N) is 1. The van der Waals surface area contributed by atoms with Gasteiger partial charge in [0, 0.05) is 12.4 Å². The number of benzene rings is 1. The van der Waals surface area contributed by atoms with Gasteiger partial charge in [0.25, 0.3) is 0 Å². The summed E-state index contributed by atoms with van der Waals surface area (Å²) in [6.45, 7) is 2.21. The molecule has 0 amide bonds. The van der Waals surface area contributed by atoms with E-state index in [0.717, 1.165) is 0 Å². The highest BCUT2D eigenvalue weighted by atomic mass is 15.4. The van der Waals surface area contributed by atoms with Crippen LogP contribution in [0.25, 0.3) is 0 Å². The lowest BCUT2D eigenvalue weighted by atomic mass is 9.89. The average molecular weight is 240 g/mol. The summed E-state index contributed by atoms with van der Waals surface area (Å²) in [5.41, 5.74) is 7.95. The Morgan fingerprint density at radius 1 is 1.06 bits per heavy atom. The Labute approximate surface area is 109 Å². The molecule has 0 radical (unpaired) electrons. The summed E-state index contributed by atoms with van der Waals surface area (Å²) >= 11 is 0. The summed E-state index contributed by atoms with van der Waals surface area (Å²) in [6.07, 6.45) is 9.28. The number of aromatic nitrogens is 1. The third kappa shape index (κ3) is 2.28. The molecule has 1 unspecified atom stereocenters. The molecule has 0 spiro atoms. The summed E-state index contributed by atoms with van der Waals surface area (Å²) in [7, 11) is 0. The molecule has 1 heterocycles. The second-order valence-electron chi connectivity index (χ2n) is 5.18. The number of rotatable bonds is 3. The predicted octanol–water partition coefficient (Wildman–Crippen LogP) is 3.67. The SMILES string of the molecule is CC(Nn1cccc1)c1ccc2c(c1)CCCC2. The minimum absolute atomic E-state index is 0.338. The van der Waals surface area contributed by atoms with E-state index in [4.69, 9.17) is 0 Å². The minimum Gasteiger partial charge on any atom is -0.319 e. The number of hydrogen-bond acceptors (Lipinski definition) is 1. The summed E-state index contributed by atoms with van der Waals surface area (Å²) in [5, 5.41) is 0. The van der Waals surface area contributed by atoms with Gasteiger partial charge in [-0.1, -0.05) is 18.2 Å². The monoisotopic (exact) mass is 240 g/mol. The van der Waals surface area contributed by atoms with E-state index in [9.17, 15) is 0 Å². The first-order valence-electron chi connectivity index (χ1n) is 6.84. The first-order valence-corrected chi connectivity index (χ1v) is 6.84. The van der Waals surface area contributed by atoms with Gasteiger partial charge in [0.05, 0.1) is 6.04 Å². The van der Waals surface area contributed by atoms with Crippen LogP contribution in [0.1, 0.15) is 42.5 Å². The van der Waals surface area contributed by atoms with Gasteiger partial charge >= 0.3 is 0 Å². The van der Waals surface area contributed by atoms with Crippen LogP contribution < -0.4 is 5.43 Å². The Bertz CT molecular complexity index is 514. The van der Waals surface area contributed by atoms with Gasteiger partial charge in [-0.2, -0.15) is 0 Å². The van der Waals surface area contributed by atoms with Gasteiger partial charge in [0.15, 0.2) is 0 Å². The van der Waals surface area contributed by atoms with Crippen LogP contribution >= 0.6 is 0 Å². The molecule has 2 aromatic rings. The van der Waals surface area contributed by atoms with Crippen LogP contribution in [0.3, 0.4) is 0 Å². The number of hydrogen-bond donors (Lipinski definition) is 1. The van der Waals surface area contributed by atoms with Crippen molar-refractivity contribution >= 4 is 0 Å². The lowest BCUT2D eigenvalue weighted by Gasteiger charge is -2.21. The molecule has 1 aliphatic rings. The van der Waals surface area contributed by atoms with E-state index >= 15 is 0 Å². The summed E-state index contributed by atoms with van der Waals surface area (Å²) in [5.74, 6) is 0. The fourth-order valence-corrected chi connectivity index (χ4v) is 2.74. The van der Waals surface area contributed by atoms with Crippen molar-refractivity contribution in [3.05, 3.63) is 59.4 Å². The van der Waals surface area contributed by atoms with E-state index in [1.54, 1.807) is 11.1 Å². The van der Waals surface area contributed by atoms with Crippen LogP contribution in [0.15, 0.2) is 42.7 Å². The van der Waals surface area contributed by atoms with E-state index in [1.807, 2.05) is 29.2 Å². The number of fused-ring (bicyclic) bond motifs is 1. The van der Waals surface area contributed by atoms with Crippen LogP contribution in [-0.2, 0) is 12.8 Å². The Balaban J connectivity index is 1.79. The van der Waals surface area contributed by atoms with Gasteiger partial charge in [0.1, 0.15) is 0 Å². The molecular formula is C16H20N2. The second kappa shape index (κ2) is 4.89. The molecular weight excluding hydrogens is 220 g/mol. The summed E-state index contributed by atoms with van der Waals surface area (Å²) < 4.78 is 2.02. The van der Waals surface area contributed by atoms with E-state index in [2.05, 4.69) is 30.5 Å². The van der Waals surface area contributed by atoms with Crippen LogP contribution in [0.4, 0.5) is 0 Å². The predicted molar refractivity (Wildman–Crippen MR) is 75.3 cm³/mol. The quantitative estimate of drug-likeness (QED) is 0.866. The summed E-state index contributed by atoms with van der Waals surface area (Å²) in [6, 6.07) is 11.4. The molecule has 94 valence electrons. The molecule has 1 N–H and O–H groups in total. The topological polar surface area (TPSA) is 17.0 Å². The molecule has 1 atom stereocenters. The van der Waals surface area contributed by atoms with Crippen molar-refractivity contribution in [3.63, 3.8) is 0 Å². The maximum atomic E-state index is 3.46. The van der Waals surface area contributed by atoms with Crippen molar-refractivity contribution in [2.24, 2.45) is 0 Å². The van der Waals surface area contributed by atoms with E-state index in [0.29, 0.717) is 6.04 Å². The molecule has 1 aromatic heterocycles. The van der Waals surface area contributed by atoms with Gasteiger partial charge < -0.3 is 5.43 Å². The molecule has 0 fully saturated rings. The lowest BCUT2D eigenvalue weighted by molar-refractivity contribution is 0.678. The standard InChI is InChI=1S/C16H20N2/c1-13(17-18-10-4-5-11-18)15-9-8-14-6-2-3-7-16(14)12-15/h4-5,8-13,17H,2-3,6-7H2,1H3. The maximum absolute atomic E-state index is 3.46. The second-order valence-corrected chi connectivity index (χ2v) is 5.18. The van der Waals surface area contributed by atoms with Crippen LogP contribution in [-0.4, -0.2) is 4.68 Å². The molecule has 3 rings (SSSR count). The molecule has 0 bridgehead atoms. The smallest absolute Gasteiger partial charge is 0.0645 e. The fraction of sp³-hybridized carbons (Fsp3) is 0.375. The van der Waals surface area contributed by atoms with E-state index < -0.39 is 0 Å². The first-order chi connectivity index (χ1) is 8.83. The molecule has 2 heteroatoms. The van der Waals surface area contributed by atoms with Crippen molar-refractivity contribution < 1.29 is 0 Å². The zero-order valence-corrected chi connectivity index (χ0v) is 10.9. The Kier molecular flexibility index (Phi) is 3.09. The van der Waals surface area contributed by atoms with Crippen molar-refractivity contribution in [3.8, 4) is 0 Å². The van der Waals surface area contributed by atoms with Gasteiger partial charge in [-0.3, -0.25) is 4.68 Å². The third-order valence-electron chi connectivity index (χ3n) is 3.82. The van der Waals surface area contributed by atoms with Gasteiger partial charge in [-0.15, -0.1) is 0 Å². The Hall–Kier alpha value is -1.70. The van der Waals surface area contributed by atoms with E-state index in [1.165, 1.54) is 31.2 Å². The lowest BCUT2D eigenvalue weighted by Crippen LogP contribution is -2.17. The highest BCUT2D eigenvalue weighted by Gasteiger charge is 2.12. The molecule has 0 aliphatic heterocycles. The Morgan fingerprint density at radius 2 is 1.78 bits per heavy atom. The molecule has 2 nitrogen and oxygen atoms in total. The fourth-order valence-electron chi connectivity index (χ4n) is 2.74. The Morgan fingerprint density at radius 3 is 2.56 bits per heavy atom. The van der Waals surface area contributed by atoms with E-state index in [-0.39, 0.29) is 0 Å². The molecule has 0 saturated carbocycles. The van der Waals surface area contributed by atoms with Crippen molar-refractivity contribution in [2.75, 3.05) is 5.43 Å². The normalized spacial score (nSPS) is 16.1. The van der Waals surface area contributed by atoms with Crippen molar-refractivity contribution in [1.82, 2.24) is 4.68 Å².